The van der Waals surface area contributed by atoms with Gasteiger partial charge in [-0.2, -0.15) is 0 Å². The van der Waals surface area contributed by atoms with Crippen molar-refractivity contribution in [2.24, 2.45) is 0 Å². The number of rotatable bonds is 4. The Labute approximate surface area is 162 Å². The third kappa shape index (κ3) is 3.22. The Hall–Kier alpha value is -3.26. The van der Waals surface area contributed by atoms with Gasteiger partial charge in [-0.15, -0.1) is 0 Å². The number of hydrogen-bond donors (Lipinski definition) is 1. The first-order chi connectivity index (χ1) is 13.5. The van der Waals surface area contributed by atoms with Gasteiger partial charge in [0, 0.05) is 25.0 Å². The Morgan fingerprint density at radius 1 is 1.21 bits per heavy atom. The first-order valence-corrected chi connectivity index (χ1v) is 9.14. The SMILES string of the molecule is COc1ccc(Cn2cc(-c3cnc(N)s3)c(=O)c3cc(F)cc(F)c32)cc1. The monoisotopic (exact) mass is 399 g/mol. The van der Waals surface area contributed by atoms with Gasteiger partial charge in [0.05, 0.1) is 28.5 Å². The van der Waals surface area contributed by atoms with Gasteiger partial charge >= 0.3 is 0 Å². The summed E-state index contributed by atoms with van der Waals surface area (Å²) in [6, 6.07) is 9.10. The molecule has 0 saturated carbocycles. The van der Waals surface area contributed by atoms with Crippen molar-refractivity contribution in [1.82, 2.24) is 9.55 Å². The number of aromatic nitrogens is 2. The summed E-state index contributed by atoms with van der Waals surface area (Å²) in [6.07, 6.45) is 3.04. The molecule has 2 aromatic heterocycles. The quantitative estimate of drug-likeness (QED) is 0.562. The van der Waals surface area contributed by atoms with E-state index in [1.165, 1.54) is 6.20 Å². The van der Waals surface area contributed by atoms with Crippen molar-refractivity contribution >= 4 is 27.4 Å². The fourth-order valence-electron chi connectivity index (χ4n) is 3.10. The van der Waals surface area contributed by atoms with Gasteiger partial charge in [0.15, 0.2) is 16.4 Å². The van der Waals surface area contributed by atoms with E-state index in [1.807, 2.05) is 12.1 Å². The van der Waals surface area contributed by atoms with Gasteiger partial charge < -0.3 is 15.0 Å². The van der Waals surface area contributed by atoms with Crippen molar-refractivity contribution in [3.05, 3.63) is 76.2 Å². The Morgan fingerprint density at radius 2 is 1.96 bits per heavy atom. The molecule has 28 heavy (non-hydrogen) atoms. The molecule has 2 heterocycles. The van der Waals surface area contributed by atoms with Crippen LogP contribution in [0, 0.1) is 11.6 Å². The molecule has 0 aliphatic carbocycles. The summed E-state index contributed by atoms with van der Waals surface area (Å²) >= 11 is 1.14. The van der Waals surface area contributed by atoms with E-state index in [-0.39, 0.29) is 17.4 Å². The van der Waals surface area contributed by atoms with Crippen LogP contribution in [0.5, 0.6) is 5.75 Å². The Morgan fingerprint density at radius 3 is 2.61 bits per heavy atom. The van der Waals surface area contributed by atoms with E-state index in [2.05, 4.69) is 4.98 Å². The molecule has 0 unspecified atom stereocenters. The second-order valence-corrected chi connectivity index (χ2v) is 7.26. The number of ether oxygens (including phenoxy) is 1. The number of fused-ring (bicyclic) bond motifs is 1. The second-order valence-electron chi connectivity index (χ2n) is 6.19. The van der Waals surface area contributed by atoms with Crippen molar-refractivity contribution in [3.8, 4) is 16.2 Å². The maximum atomic E-state index is 14.6. The topological polar surface area (TPSA) is 70.1 Å². The third-order valence-corrected chi connectivity index (χ3v) is 5.25. The van der Waals surface area contributed by atoms with Gasteiger partial charge in [-0.1, -0.05) is 23.5 Å². The van der Waals surface area contributed by atoms with Crippen molar-refractivity contribution < 1.29 is 13.5 Å². The molecule has 2 N–H and O–H groups in total. The standard InChI is InChI=1S/C20H15F2N3O2S/c1-27-13-4-2-11(3-5-13)9-25-10-15(17-8-24-20(23)28-17)19(26)14-6-12(21)7-16(22)18(14)25/h2-8,10H,9H2,1H3,(H2,23,24). The summed E-state index contributed by atoms with van der Waals surface area (Å²) < 4.78 is 35.2. The summed E-state index contributed by atoms with van der Waals surface area (Å²) in [6.45, 7) is 0.282. The highest BCUT2D eigenvalue weighted by atomic mass is 32.1. The zero-order valence-corrected chi connectivity index (χ0v) is 15.6. The van der Waals surface area contributed by atoms with Crippen LogP contribution in [0.1, 0.15) is 5.56 Å². The number of nitrogen functional groups attached to an aromatic ring is 1. The predicted molar refractivity (Wildman–Crippen MR) is 106 cm³/mol. The highest BCUT2D eigenvalue weighted by Gasteiger charge is 2.17. The number of hydrogen-bond acceptors (Lipinski definition) is 5. The minimum atomic E-state index is -0.806. The molecule has 4 rings (SSSR count). The van der Waals surface area contributed by atoms with Gasteiger partial charge in [0.25, 0.3) is 0 Å². The summed E-state index contributed by atoms with van der Waals surface area (Å²) in [7, 11) is 1.57. The second kappa shape index (κ2) is 7.05. The zero-order chi connectivity index (χ0) is 19.8. The van der Waals surface area contributed by atoms with Crippen LogP contribution >= 0.6 is 11.3 Å². The van der Waals surface area contributed by atoms with Crippen molar-refractivity contribution in [2.45, 2.75) is 6.54 Å². The minimum Gasteiger partial charge on any atom is -0.497 e. The molecular formula is C20H15F2N3O2S. The first kappa shape index (κ1) is 18.1. The molecule has 142 valence electrons. The molecule has 0 aliphatic heterocycles. The van der Waals surface area contributed by atoms with Crippen LogP contribution in [0.2, 0.25) is 0 Å². The van der Waals surface area contributed by atoms with Gasteiger partial charge in [0.1, 0.15) is 11.6 Å². The average molecular weight is 399 g/mol. The molecule has 0 bridgehead atoms. The molecule has 0 amide bonds. The molecule has 0 radical (unpaired) electrons. The maximum Gasteiger partial charge on any atom is 0.198 e. The van der Waals surface area contributed by atoms with Crippen molar-refractivity contribution in [2.75, 3.05) is 12.8 Å². The van der Waals surface area contributed by atoms with Crippen LogP contribution in [0.4, 0.5) is 13.9 Å². The summed E-state index contributed by atoms with van der Waals surface area (Å²) in [5.74, 6) is -0.905. The van der Waals surface area contributed by atoms with E-state index >= 15 is 0 Å². The van der Waals surface area contributed by atoms with Gasteiger partial charge in [-0.05, 0) is 23.8 Å². The van der Waals surface area contributed by atoms with E-state index in [0.717, 1.165) is 29.0 Å². The third-order valence-electron chi connectivity index (χ3n) is 4.39. The lowest BCUT2D eigenvalue weighted by molar-refractivity contribution is 0.414. The number of anilines is 1. The molecule has 0 fully saturated rings. The van der Waals surface area contributed by atoms with Crippen molar-refractivity contribution in [1.29, 1.82) is 0 Å². The fraction of sp³-hybridized carbons (Fsp3) is 0.100. The van der Waals surface area contributed by atoms with E-state index in [4.69, 9.17) is 10.5 Å². The zero-order valence-electron chi connectivity index (χ0n) is 14.8. The summed E-state index contributed by atoms with van der Waals surface area (Å²) in [5, 5.41) is 0.275. The lowest BCUT2D eigenvalue weighted by Crippen LogP contribution is -2.14. The first-order valence-electron chi connectivity index (χ1n) is 8.33. The van der Waals surface area contributed by atoms with E-state index in [1.54, 1.807) is 30.0 Å². The smallest absolute Gasteiger partial charge is 0.198 e. The number of nitrogens with two attached hydrogens (primary N) is 1. The van der Waals surface area contributed by atoms with Crippen molar-refractivity contribution in [3.63, 3.8) is 0 Å². The van der Waals surface area contributed by atoms with Gasteiger partial charge in [-0.3, -0.25) is 4.79 Å². The molecule has 0 atom stereocenters. The Balaban J connectivity index is 1.94. The molecule has 0 aliphatic rings. The largest absolute Gasteiger partial charge is 0.497 e. The number of nitrogens with zero attached hydrogens (tertiary/aromatic N) is 2. The van der Waals surface area contributed by atoms with Gasteiger partial charge in [-0.25, -0.2) is 13.8 Å². The molecular weight excluding hydrogens is 384 g/mol. The molecule has 8 heteroatoms. The number of methoxy groups -OCH3 is 1. The number of benzene rings is 2. The maximum absolute atomic E-state index is 14.6. The molecule has 4 aromatic rings. The van der Waals surface area contributed by atoms with Crippen LogP contribution in [0.3, 0.4) is 0 Å². The molecule has 0 spiro atoms. The van der Waals surface area contributed by atoms with Gasteiger partial charge in [0.2, 0.25) is 0 Å². The lowest BCUT2D eigenvalue weighted by atomic mass is 10.1. The molecule has 2 aromatic carbocycles. The number of halogens is 2. The van der Waals surface area contributed by atoms with E-state index < -0.39 is 17.1 Å². The van der Waals surface area contributed by atoms with Crippen LogP contribution in [-0.2, 0) is 6.54 Å². The normalized spacial score (nSPS) is 11.1. The Bertz CT molecular complexity index is 1230. The van der Waals surface area contributed by atoms with Crippen LogP contribution in [0.15, 0.2) is 53.6 Å². The lowest BCUT2D eigenvalue weighted by Gasteiger charge is -2.14. The fourth-order valence-corrected chi connectivity index (χ4v) is 3.79. The molecule has 5 nitrogen and oxygen atoms in total. The average Bonchev–Trinajstić information content (AvgIpc) is 3.10. The summed E-state index contributed by atoms with van der Waals surface area (Å²) in [5.41, 5.74) is 6.41. The van der Waals surface area contributed by atoms with Crippen LogP contribution in [0.25, 0.3) is 21.3 Å². The van der Waals surface area contributed by atoms with E-state index in [9.17, 15) is 13.6 Å². The Kier molecular flexibility index (Phi) is 4.56. The predicted octanol–water partition coefficient (Wildman–Crippen LogP) is 4.04. The van der Waals surface area contributed by atoms with E-state index in [0.29, 0.717) is 21.3 Å². The minimum absolute atomic E-state index is 0.0320. The highest BCUT2D eigenvalue weighted by Crippen LogP contribution is 2.28. The summed E-state index contributed by atoms with van der Waals surface area (Å²) in [4.78, 5) is 17.4. The number of pyridine rings is 1. The van der Waals surface area contributed by atoms with Crippen LogP contribution in [-0.4, -0.2) is 16.7 Å². The highest BCUT2D eigenvalue weighted by molar-refractivity contribution is 7.18. The number of thiazole rings is 1. The van der Waals surface area contributed by atoms with Crippen LogP contribution < -0.4 is 15.9 Å². The molecule has 0 saturated heterocycles.